The van der Waals surface area contributed by atoms with Crippen molar-refractivity contribution in [2.45, 2.75) is 20.8 Å². The Morgan fingerprint density at radius 1 is 1.10 bits per heavy atom. The number of methoxy groups -OCH3 is 1. The summed E-state index contributed by atoms with van der Waals surface area (Å²) in [5.41, 5.74) is 2.71. The molecule has 2 aromatic rings. The second-order valence-corrected chi connectivity index (χ2v) is 7.54. The molecule has 0 aliphatic carbocycles. The van der Waals surface area contributed by atoms with Gasteiger partial charge in [0, 0.05) is 30.4 Å². The highest BCUT2D eigenvalue weighted by Crippen LogP contribution is 2.32. The summed E-state index contributed by atoms with van der Waals surface area (Å²) in [5.74, 6) is 1.36. The minimum atomic E-state index is -0.167. The van der Waals surface area contributed by atoms with Gasteiger partial charge in [0.15, 0.2) is 5.17 Å². The number of carbonyl (C=O) groups excluding carboxylic acids is 1. The minimum absolute atomic E-state index is 0.167. The fourth-order valence-electron chi connectivity index (χ4n) is 3.13. The molecule has 30 heavy (non-hydrogen) atoms. The topological polar surface area (TPSA) is 63.2 Å². The molecule has 0 spiro atoms. The second-order valence-electron chi connectivity index (χ2n) is 6.51. The van der Waals surface area contributed by atoms with Crippen molar-refractivity contribution in [3.05, 3.63) is 52.9 Å². The highest BCUT2D eigenvalue weighted by Gasteiger charge is 2.24. The molecule has 6 nitrogen and oxygen atoms in total. The molecular weight excluding hydrogens is 398 g/mol. The Kier molecular flexibility index (Phi) is 7.41. The van der Waals surface area contributed by atoms with Gasteiger partial charge in [-0.3, -0.25) is 4.79 Å². The molecule has 0 unspecified atom stereocenters. The van der Waals surface area contributed by atoms with Crippen molar-refractivity contribution in [3.63, 3.8) is 0 Å². The van der Waals surface area contributed by atoms with Gasteiger partial charge in [-0.2, -0.15) is 0 Å². The van der Waals surface area contributed by atoms with E-state index in [-0.39, 0.29) is 5.91 Å². The number of aliphatic imine (C=N–C) groups is 1. The predicted molar refractivity (Wildman–Crippen MR) is 125 cm³/mol. The zero-order chi connectivity index (χ0) is 21.5. The average molecular weight is 426 g/mol. The highest BCUT2D eigenvalue weighted by atomic mass is 32.2. The summed E-state index contributed by atoms with van der Waals surface area (Å²) in [5, 5.41) is 3.37. The van der Waals surface area contributed by atoms with Gasteiger partial charge in [-0.05, 0) is 75.0 Å². The van der Waals surface area contributed by atoms with Crippen LogP contribution < -0.4 is 19.7 Å². The van der Waals surface area contributed by atoms with Gasteiger partial charge in [-0.1, -0.05) is 0 Å². The quantitative estimate of drug-likeness (QED) is 0.614. The van der Waals surface area contributed by atoms with Crippen LogP contribution in [0.5, 0.6) is 11.5 Å². The largest absolute Gasteiger partial charge is 0.496 e. The van der Waals surface area contributed by atoms with Gasteiger partial charge in [-0.15, -0.1) is 0 Å². The van der Waals surface area contributed by atoms with E-state index < -0.39 is 0 Å². The number of ether oxygens (including phenoxy) is 2. The monoisotopic (exact) mass is 425 g/mol. The fraction of sp³-hybridized carbons (Fsp3) is 0.304. The van der Waals surface area contributed by atoms with Crippen LogP contribution in [-0.2, 0) is 4.79 Å². The molecule has 1 aliphatic rings. The summed E-state index contributed by atoms with van der Waals surface area (Å²) >= 11 is 1.31. The van der Waals surface area contributed by atoms with Crippen molar-refractivity contribution >= 4 is 40.3 Å². The lowest BCUT2D eigenvalue weighted by Gasteiger charge is -2.22. The minimum Gasteiger partial charge on any atom is -0.496 e. The van der Waals surface area contributed by atoms with Crippen LogP contribution in [0.15, 0.2) is 52.4 Å². The maximum absolute atomic E-state index is 12.4. The van der Waals surface area contributed by atoms with E-state index in [1.807, 2.05) is 55.5 Å². The van der Waals surface area contributed by atoms with Crippen molar-refractivity contribution in [1.29, 1.82) is 0 Å². The Hall–Kier alpha value is -2.93. The van der Waals surface area contributed by atoms with E-state index >= 15 is 0 Å². The van der Waals surface area contributed by atoms with E-state index in [0.29, 0.717) is 16.7 Å². The molecule has 158 valence electrons. The molecule has 7 heteroatoms. The average Bonchev–Trinajstić information content (AvgIpc) is 3.10. The van der Waals surface area contributed by atoms with Crippen molar-refractivity contribution in [2.75, 3.05) is 31.7 Å². The van der Waals surface area contributed by atoms with E-state index in [0.717, 1.165) is 41.5 Å². The molecule has 0 bridgehead atoms. The molecule has 2 aromatic carbocycles. The zero-order valence-corrected chi connectivity index (χ0v) is 18.6. The van der Waals surface area contributed by atoms with Gasteiger partial charge in [0.1, 0.15) is 11.5 Å². The van der Waals surface area contributed by atoms with Gasteiger partial charge >= 0.3 is 0 Å². The Labute approximate surface area is 182 Å². The number of anilines is 1. The summed E-state index contributed by atoms with van der Waals surface area (Å²) in [6, 6.07) is 13.5. The van der Waals surface area contributed by atoms with Crippen LogP contribution in [-0.4, -0.2) is 37.9 Å². The van der Waals surface area contributed by atoms with Gasteiger partial charge < -0.3 is 19.7 Å². The van der Waals surface area contributed by atoms with Crippen molar-refractivity contribution in [1.82, 2.24) is 5.32 Å². The number of nitrogens with zero attached hydrogens (tertiary/aromatic N) is 2. The van der Waals surface area contributed by atoms with E-state index in [9.17, 15) is 4.79 Å². The fourth-order valence-corrected chi connectivity index (χ4v) is 3.96. The van der Waals surface area contributed by atoms with Gasteiger partial charge in [0.05, 0.1) is 24.3 Å². The normalized spacial score (nSPS) is 16.1. The van der Waals surface area contributed by atoms with Crippen LogP contribution in [0.25, 0.3) is 6.08 Å². The molecule has 0 aromatic heterocycles. The molecule has 1 amide bonds. The van der Waals surface area contributed by atoms with E-state index in [4.69, 9.17) is 9.47 Å². The highest BCUT2D eigenvalue weighted by molar-refractivity contribution is 8.18. The van der Waals surface area contributed by atoms with Crippen molar-refractivity contribution in [2.24, 2.45) is 4.99 Å². The summed E-state index contributed by atoms with van der Waals surface area (Å²) < 4.78 is 11.0. The number of rotatable bonds is 8. The maximum atomic E-state index is 12.4. The number of amidine groups is 1. The summed E-state index contributed by atoms with van der Waals surface area (Å²) in [6.45, 7) is 8.65. The third kappa shape index (κ3) is 5.16. The summed E-state index contributed by atoms with van der Waals surface area (Å²) in [4.78, 5) is 19.8. The maximum Gasteiger partial charge on any atom is 0.264 e. The third-order valence-corrected chi connectivity index (χ3v) is 5.57. The first-order chi connectivity index (χ1) is 14.6. The number of carbonyl (C=O) groups is 1. The number of hydrogen-bond donors (Lipinski definition) is 1. The Bertz CT molecular complexity index is 951. The van der Waals surface area contributed by atoms with Crippen LogP contribution >= 0.6 is 11.8 Å². The van der Waals surface area contributed by atoms with E-state index in [2.05, 4.69) is 29.1 Å². The standard InChI is InChI=1S/C23H27N3O3S/c1-5-26(6-2)18-11-8-16(20(15-18)28-4)14-21-22(27)25-23(30-21)24-17-9-12-19(13-10-17)29-7-3/h8-15H,5-7H2,1-4H3,(H,24,25,27)/b21-14-. The smallest absolute Gasteiger partial charge is 0.264 e. The van der Waals surface area contributed by atoms with Crippen LogP contribution in [0.4, 0.5) is 11.4 Å². The second kappa shape index (κ2) is 10.2. The van der Waals surface area contributed by atoms with Crippen LogP contribution in [0.1, 0.15) is 26.3 Å². The van der Waals surface area contributed by atoms with Gasteiger partial charge in [0.25, 0.3) is 5.91 Å². The lowest BCUT2D eigenvalue weighted by molar-refractivity contribution is -0.115. The molecule has 1 N–H and O–H groups in total. The molecular formula is C23H27N3O3S. The first-order valence-corrected chi connectivity index (χ1v) is 10.8. The Morgan fingerprint density at radius 3 is 2.47 bits per heavy atom. The first kappa shape index (κ1) is 21.8. The number of amides is 1. The predicted octanol–water partition coefficient (Wildman–Crippen LogP) is 4.83. The lowest BCUT2D eigenvalue weighted by atomic mass is 10.1. The van der Waals surface area contributed by atoms with Crippen LogP contribution in [0.2, 0.25) is 0 Å². The number of nitrogens with one attached hydrogen (secondary N) is 1. The molecule has 1 saturated heterocycles. The SMILES string of the molecule is CCOc1ccc(N=C2NC(=O)/C(=C/c3ccc(N(CC)CC)cc3OC)S2)cc1. The summed E-state index contributed by atoms with van der Waals surface area (Å²) in [6.07, 6.45) is 1.84. The third-order valence-electron chi connectivity index (χ3n) is 4.66. The van der Waals surface area contributed by atoms with Crippen molar-refractivity contribution < 1.29 is 14.3 Å². The van der Waals surface area contributed by atoms with Crippen LogP contribution in [0.3, 0.4) is 0 Å². The number of thioether (sulfide) groups is 1. The zero-order valence-electron chi connectivity index (χ0n) is 17.8. The van der Waals surface area contributed by atoms with Crippen molar-refractivity contribution in [3.8, 4) is 11.5 Å². The van der Waals surface area contributed by atoms with E-state index in [1.54, 1.807) is 7.11 Å². The molecule has 0 radical (unpaired) electrons. The number of hydrogen-bond acceptors (Lipinski definition) is 6. The molecule has 1 fully saturated rings. The van der Waals surface area contributed by atoms with Crippen LogP contribution in [0, 0.1) is 0 Å². The Morgan fingerprint density at radius 2 is 1.83 bits per heavy atom. The summed E-state index contributed by atoms with van der Waals surface area (Å²) in [7, 11) is 1.64. The molecule has 3 rings (SSSR count). The molecule has 0 atom stereocenters. The molecule has 1 aliphatic heterocycles. The molecule has 1 heterocycles. The van der Waals surface area contributed by atoms with E-state index in [1.165, 1.54) is 11.8 Å². The first-order valence-electron chi connectivity index (χ1n) is 10.0. The number of benzene rings is 2. The lowest BCUT2D eigenvalue weighted by Crippen LogP contribution is -2.21. The van der Waals surface area contributed by atoms with Gasteiger partial charge in [0.2, 0.25) is 0 Å². The molecule has 0 saturated carbocycles. The van der Waals surface area contributed by atoms with Gasteiger partial charge in [-0.25, -0.2) is 4.99 Å². The Balaban J connectivity index is 1.80.